The summed E-state index contributed by atoms with van der Waals surface area (Å²) in [5.74, 6) is 0. The fraction of sp³-hybridized carbons (Fsp3) is 0.556. The molecule has 11 heavy (non-hydrogen) atoms. The van der Waals surface area contributed by atoms with E-state index < -0.39 is 0 Å². The highest BCUT2D eigenvalue weighted by Gasteiger charge is 2.11. The van der Waals surface area contributed by atoms with Crippen molar-refractivity contribution in [1.29, 1.82) is 0 Å². The third kappa shape index (κ3) is 3.12. The topological polar surface area (TPSA) is 24.1 Å². The maximum atomic E-state index is 2.96. The van der Waals surface area contributed by atoms with E-state index in [0.29, 0.717) is 5.41 Å². The summed E-state index contributed by atoms with van der Waals surface area (Å²) in [6, 6.07) is 0. The van der Waals surface area contributed by atoms with Crippen molar-refractivity contribution < 1.29 is 0 Å². The molecule has 2 heteroatoms. The molecule has 2 N–H and O–H groups in total. The zero-order valence-corrected chi connectivity index (χ0v) is 7.44. The molecule has 62 valence electrons. The zero-order valence-electron chi connectivity index (χ0n) is 7.44. The Morgan fingerprint density at radius 3 is 2.45 bits per heavy atom. The van der Waals surface area contributed by atoms with Crippen molar-refractivity contribution in [3.05, 3.63) is 24.0 Å². The van der Waals surface area contributed by atoms with Gasteiger partial charge in [-0.15, -0.1) is 0 Å². The molecule has 0 aromatic carbocycles. The number of allylic oxidation sites excluding steroid dienone is 2. The lowest BCUT2D eigenvalue weighted by atomic mass is 9.88. The molecular formula is C9H16N2. The second kappa shape index (κ2) is 2.99. The lowest BCUT2D eigenvalue weighted by molar-refractivity contribution is 0.411. The maximum absolute atomic E-state index is 2.96. The monoisotopic (exact) mass is 152 g/mol. The number of nitrogens with one attached hydrogen (secondary N) is 2. The van der Waals surface area contributed by atoms with Crippen LogP contribution in [0.4, 0.5) is 0 Å². The molecule has 1 aliphatic rings. The smallest absolute Gasteiger partial charge is 0.0210 e. The predicted molar refractivity (Wildman–Crippen MR) is 47.6 cm³/mol. The van der Waals surface area contributed by atoms with Crippen molar-refractivity contribution >= 4 is 0 Å². The summed E-state index contributed by atoms with van der Waals surface area (Å²) in [6.07, 6.45) is 7.13. The lowest BCUT2D eigenvalue weighted by Crippen LogP contribution is -2.24. The van der Waals surface area contributed by atoms with Crippen molar-refractivity contribution in [2.75, 3.05) is 0 Å². The van der Waals surface area contributed by atoms with Crippen LogP contribution in [0.3, 0.4) is 0 Å². The van der Waals surface area contributed by atoms with Gasteiger partial charge in [0.05, 0.1) is 0 Å². The van der Waals surface area contributed by atoms with Crippen LogP contribution in [0.1, 0.15) is 27.2 Å². The number of hydrogen-bond donors (Lipinski definition) is 2. The van der Waals surface area contributed by atoms with Crippen LogP contribution in [0.15, 0.2) is 24.0 Å². The molecule has 1 heterocycles. The molecule has 1 aliphatic heterocycles. The average Bonchev–Trinajstić information content (AvgIpc) is 1.85. The molecule has 0 radical (unpaired) electrons. The van der Waals surface area contributed by atoms with Gasteiger partial charge in [0.25, 0.3) is 0 Å². The molecule has 0 atom stereocenters. The summed E-state index contributed by atoms with van der Waals surface area (Å²) in [5.41, 5.74) is 7.57. The van der Waals surface area contributed by atoms with E-state index in [4.69, 9.17) is 0 Å². The lowest BCUT2D eigenvalue weighted by Gasteiger charge is -2.20. The second-order valence-corrected chi connectivity index (χ2v) is 4.08. The van der Waals surface area contributed by atoms with E-state index in [9.17, 15) is 0 Å². The van der Waals surface area contributed by atoms with Gasteiger partial charge in [-0.05, 0) is 23.5 Å². The van der Waals surface area contributed by atoms with Crippen molar-refractivity contribution in [2.45, 2.75) is 27.2 Å². The van der Waals surface area contributed by atoms with E-state index in [1.165, 1.54) is 5.57 Å². The summed E-state index contributed by atoms with van der Waals surface area (Å²) in [4.78, 5) is 0. The second-order valence-electron chi connectivity index (χ2n) is 4.08. The Hall–Kier alpha value is -0.920. The van der Waals surface area contributed by atoms with Gasteiger partial charge in [0.15, 0.2) is 0 Å². The molecule has 0 aromatic heterocycles. The Balaban J connectivity index is 2.49. The van der Waals surface area contributed by atoms with E-state index in [-0.39, 0.29) is 0 Å². The van der Waals surface area contributed by atoms with E-state index in [2.05, 4.69) is 37.7 Å². The maximum Gasteiger partial charge on any atom is 0.0210 e. The third-order valence-electron chi connectivity index (χ3n) is 1.46. The Morgan fingerprint density at radius 1 is 1.27 bits per heavy atom. The molecule has 0 saturated heterocycles. The summed E-state index contributed by atoms with van der Waals surface area (Å²) < 4.78 is 0. The summed E-state index contributed by atoms with van der Waals surface area (Å²) >= 11 is 0. The highest BCUT2D eigenvalue weighted by Crippen LogP contribution is 2.24. The van der Waals surface area contributed by atoms with Gasteiger partial charge in [-0.1, -0.05) is 20.8 Å². The van der Waals surface area contributed by atoms with Crippen molar-refractivity contribution in [3.8, 4) is 0 Å². The quantitative estimate of drug-likeness (QED) is 0.600. The number of hydrazine groups is 1. The molecule has 0 aliphatic carbocycles. The van der Waals surface area contributed by atoms with Gasteiger partial charge in [0.2, 0.25) is 0 Å². The molecule has 2 nitrogen and oxygen atoms in total. The SMILES string of the molecule is CC(C)(C)CC1=CNNC=C1. The van der Waals surface area contributed by atoms with Crippen LogP contribution in [-0.2, 0) is 0 Å². The fourth-order valence-corrected chi connectivity index (χ4v) is 1.10. The molecule has 0 saturated carbocycles. The first-order valence-electron chi connectivity index (χ1n) is 3.95. The molecule has 0 fully saturated rings. The highest BCUT2D eigenvalue weighted by molar-refractivity contribution is 5.20. The van der Waals surface area contributed by atoms with Gasteiger partial charge >= 0.3 is 0 Å². The third-order valence-corrected chi connectivity index (χ3v) is 1.46. The van der Waals surface area contributed by atoms with E-state index >= 15 is 0 Å². The minimum atomic E-state index is 0.370. The van der Waals surface area contributed by atoms with Crippen molar-refractivity contribution in [3.63, 3.8) is 0 Å². The number of hydrogen-bond acceptors (Lipinski definition) is 2. The van der Waals surface area contributed by atoms with E-state index in [0.717, 1.165) is 6.42 Å². The first kappa shape index (κ1) is 8.18. The highest BCUT2D eigenvalue weighted by atomic mass is 15.3. The Bertz CT molecular complexity index is 184. The van der Waals surface area contributed by atoms with E-state index in [1.54, 1.807) is 0 Å². The van der Waals surface area contributed by atoms with E-state index in [1.807, 2.05) is 12.4 Å². The van der Waals surface area contributed by atoms with Crippen LogP contribution in [0.25, 0.3) is 0 Å². The van der Waals surface area contributed by atoms with Crippen LogP contribution >= 0.6 is 0 Å². The molecule has 0 amide bonds. The standard InChI is InChI=1S/C9H16N2/c1-9(2,3)6-8-4-5-10-11-7-8/h4-5,7,10-11H,6H2,1-3H3. The molecular weight excluding hydrogens is 136 g/mol. The van der Waals surface area contributed by atoms with Gasteiger partial charge < -0.3 is 10.9 Å². The van der Waals surface area contributed by atoms with Gasteiger partial charge in [0, 0.05) is 12.4 Å². The molecule has 0 spiro atoms. The summed E-state index contributed by atoms with van der Waals surface area (Å²) in [6.45, 7) is 6.72. The van der Waals surface area contributed by atoms with Crippen molar-refractivity contribution in [1.82, 2.24) is 10.9 Å². The minimum absolute atomic E-state index is 0.370. The van der Waals surface area contributed by atoms with Crippen LogP contribution in [-0.4, -0.2) is 0 Å². The Labute approximate surface area is 68.3 Å². The Morgan fingerprint density at radius 2 is 2.00 bits per heavy atom. The van der Waals surface area contributed by atoms with Gasteiger partial charge in [0.1, 0.15) is 0 Å². The predicted octanol–water partition coefficient (Wildman–Crippen LogP) is 1.93. The van der Waals surface area contributed by atoms with Crippen LogP contribution < -0.4 is 10.9 Å². The first-order valence-corrected chi connectivity index (χ1v) is 3.95. The van der Waals surface area contributed by atoms with Gasteiger partial charge in [-0.25, -0.2) is 0 Å². The molecule has 1 rings (SSSR count). The molecule has 0 aromatic rings. The normalized spacial score (nSPS) is 16.8. The molecule has 0 unspecified atom stereocenters. The minimum Gasteiger partial charge on any atom is -0.309 e. The van der Waals surface area contributed by atoms with Gasteiger partial charge in [-0.3, -0.25) is 0 Å². The first-order chi connectivity index (χ1) is 5.08. The number of rotatable bonds is 1. The summed E-state index contributed by atoms with van der Waals surface area (Å²) in [5, 5.41) is 0. The largest absolute Gasteiger partial charge is 0.309 e. The van der Waals surface area contributed by atoms with Crippen LogP contribution in [0.5, 0.6) is 0 Å². The summed E-state index contributed by atoms with van der Waals surface area (Å²) in [7, 11) is 0. The average molecular weight is 152 g/mol. The van der Waals surface area contributed by atoms with Gasteiger partial charge in [-0.2, -0.15) is 0 Å². The molecule has 0 bridgehead atoms. The fourth-order valence-electron chi connectivity index (χ4n) is 1.10. The Kier molecular flexibility index (Phi) is 2.22. The van der Waals surface area contributed by atoms with Crippen molar-refractivity contribution in [2.24, 2.45) is 5.41 Å². The van der Waals surface area contributed by atoms with Crippen LogP contribution in [0, 0.1) is 5.41 Å². The van der Waals surface area contributed by atoms with Crippen LogP contribution in [0.2, 0.25) is 0 Å². The zero-order chi connectivity index (χ0) is 8.32.